The van der Waals surface area contributed by atoms with Crippen molar-refractivity contribution in [1.29, 1.82) is 0 Å². The highest BCUT2D eigenvalue weighted by atomic mass is 16.5. The monoisotopic (exact) mass is 240 g/mol. The largest absolute Gasteiger partial charge is 0.462 e. The SMILES string of the molecule is C=C(C)C(=O)OCC(C)CCCCCCCC. The highest BCUT2D eigenvalue weighted by molar-refractivity contribution is 5.86. The first kappa shape index (κ1) is 16.2. The minimum absolute atomic E-state index is 0.264. The smallest absolute Gasteiger partial charge is 0.333 e. The summed E-state index contributed by atoms with van der Waals surface area (Å²) in [6.07, 6.45) is 9.05. The zero-order valence-electron chi connectivity index (χ0n) is 11.8. The normalized spacial score (nSPS) is 12.2. The topological polar surface area (TPSA) is 26.3 Å². The summed E-state index contributed by atoms with van der Waals surface area (Å²) in [4.78, 5) is 11.2. The van der Waals surface area contributed by atoms with Gasteiger partial charge in [-0.1, -0.05) is 59.0 Å². The van der Waals surface area contributed by atoms with Gasteiger partial charge in [0, 0.05) is 5.57 Å². The zero-order chi connectivity index (χ0) is 13.1. The average molecular weight is 240 g/mol. The first-order valence-electron chi connectivity index (χ1n) is 6.90. The number of esters is 1. The average Bonchev–Trinajstić information content (AvgIpc) is 2.30. The molecule has 2 nitrogen and oxygen atoms in total. The summed E-state index contributed by atoms with van der Waals surface area (Å²) in [6, 6.07) is 0. The molecule has 100 valence electrons. The molecule has 17 heavy (non-hydrogen) atoms. The summed E-state index contributed by atoms with van der Waals surface area (Å²) in [5, 5.41) is 0. The van der Waals surface area contributed by atoms with Crippen molar-refractivity contribution < 1.29 is 9.53 Å². The molecule has 0 aromatic carbocycles. The molecular formula is C15H28O2. The van der Waals surface area contributed by atoms with E-state index in [9.17, 15) is 4.79 Å². The van der Waals surface area contributed by atoms with Crippen LogP contribution in [0.25, 0.3) is 0 Å². The second kappa shape index (κ2) is 10.4. The maximum absolute atomic E-state index is 11.2. The van der Waals surface area contributed by atoms with Crippen LogP contribution in [0.2, 0.25) is 0 Å². The Kier molecular flexibility index (Phi) is 9.89. The number of rotatable bonds is 10. The van der Waals surface area contributed by atoms with Crippen LogP contribution in [0.4, 0.5) is 0 Å². The van der Waals surface area contributed by atoms with E-state index in [4.69, 9.17) is 4.74 Å². The third kappa shape index (κ3) is 10.1. The van der Waals surface area contributed by atoms with Crippen LogP contribution in [0, 0.1) is 5.92 Å². The third-order valence-corrected chi connectivity index (χ3v) is 2.90. The Balaban J connectivity index is 3.37. The van der Waals surface area contributed by atoms with Crippen LogP contribution in [0.1, 0.15) is 65.7 Å². The van der Waals surface area contributed by atoms with Gasteiger partial charge in [0.05, 0.1) is 6.61 Å². The van der Waals surface area contributed by atoms with Crippen molar-refractivity contribution >= 4 is 5.97 Å². The van der Waals surface area contributed by atoms with Crippen LogP contribution in [-0.4, -0.2) is 12.6 Å². The number of unbranched alkanes of at least 4 members (excludes halogenated alkanes) is 5. The lowest BCUT2D eigenvalue weighted by molar-refractivity contribution is -0.140. The van der Waals surface area contributed by atoms with Gasteiger partial charge in [-0.25, -0.2) is 4.79 Å². The van der Waals surface area contributed by atoms with E-state index < -0.39 is 0 Å². The minimum atomic E-state index is -0.264. The second-order valence-corrected chi connectivity index (χ2v) is 5.04. The maximum Gasteiger partial charge on any atom is 0.333 e. The molecule has 0 aliphatic rings. The van der Waals surface area contributed by atoms with Crippen LogP contribution in [0.15, 0.2) is 12.2 Å². The van der Waals surface area contributed by atoms with Crippen LogP contribution in [-0.2, 0) is 9.53 Å². The summed E-state index contributed by atoms with van der Waals surface area (Å²) in [7, 11) is 0. The van der Waals surface area contributed by atoms with E-state index in [0.717, 1.165) is 6.42 Å². The standard InChI is InChI=1S/C15H28O2/c1-5-6-7-8-9-10-11-14(4)12-17-15(16)13(2)3/h14H,2,5-12H2,1,3-4H3. The molecule has 0 spiro atoms. The number of hydrogen-bond acceptors (Lipinski definition) is 2. The van der Waals surface area contributed by atoms with Gasteiger partial charge >= 0.3 is 5.97 Å². The number of ether oxygens (including phenoxy) is 1. The van der Waals surface area contributed by atoms with Gasteiger partial charge in [0.2, 0.25) is 0 Å². The molecule has 0 heterocycles. The Morgan fingerprint density at radius 2 is 1.76 bits per heavy atom. The Labute approximate surface area is 106 Å². The highest BCUT2D eigenvalue weighted by Gasteiger charge is 2.07. The summed E-state index contributed by atoms with van der Waals surface area (Å²) >= 11 is 0. The molecule has 0 aromatic heterocycles. The van der Waals surface area contributed by atoms with Crippen LogP contribution in [0.3, 0.4) is 0 Å². The van der Waals surface area contributed by atoms with E-state index >= 15 is 0 Å². The van der Waals surface area contributed by atoms with E-state index in [1.165, 1.54) is 38.5 Å². The van der Waals surface area contributed by atoms with E-state index in [1.807, 2.05) is 0 Å². The molecule has 0 radical (unpaired) electrons. The van der Waals surface area contributed by atoms with Crippen molar-refractivity contribution in [2.75, 3.05) is 6.61 Å². The summed E-state index contributed by atoms with van der Waals surface area (Å²) in [5.74, 6) is 0.198. The van der Waals surface area contributed by atoms with E-state index in [-0.39, 0.29) is 5.97 Å². The van der Waals surface area contributed by atoms with Gasteiger partial charge in [0.25, 0.3) is 0 Å². The summed E-state index contributed by atoms with van der Waals surface area (Å²) in [6.45, 7) is 10.1. The first-order valence-corrected chi connectivity index (χ1v) is 6.90. The quantitative estimate of drug-likeness (QED) is 0.319. The van der Waals surface area contributed by atoms with Gasteiger partial charge in [-0.05, 0) is 19.3 Å². The Hall–Kier alpha value is -0.790. The molecule has 0 amide bonds. The molecule has 0 aromatic rings. The fourth-order valence-electron chi connectivity index (χ4n) is 1.70. The highest BCUT2D eigenvalue weighted by Crippen LogP contribution is 2.12. The molecule has 0 N–H and O–H groups in total. The molecule has 0 aliphatic carbocycles. The van der Waals surface area contributed by atoms with Gasteiger partial charge in [0.15, 0.2) is 0 Å². The van der Waals surface area contributed by atoms with E-state index in [0.29, 0.717) is 18.1 Å². The van der Waals surface area contributed by atoms with Gasteiger partial charge in [-0.15, -0.1) is 0 Å². The molecule has 2 heteroatoms. The molecule has 0 saturated heterocycles. The molecule has 1 unspecified atom stereocenters. The maximum atomic E-state index is 11.2. The predicted molar refractivity (Wildman–Crippen MR) is 72.9 cm³/mol. The number of carbonyl (C=O) groups is 1. The minimum Gasteiger partial charge on any atom is -0.462 e. The van der Waals surface area contributed by atoms with Crippen LogP contribution >= 0.6 is 0 Å². The summed E-state index contributed by atoms with van der Waals surface area (Å²) < 4.78 is 5.12. The van der Waals surface area contributed by atoms with Gasteiger partial charge in [0.1, 0.15) is 0 Å². The van der Waals surface area contributed by atoms with Crippen molar-refractivity contribution in [3.05, 3.63) is 12.2 Å². The molecule has 0 bridgehead atoms. The Morgan fingerprint density at radius 1 is 1.18 bits per heavy atom. The van der Waals surface area contributed by atoms with Crippen LogP contribution in [0.5, 0.6) is 0 Å². The summed E-state index contributed by atoms with van der Waals surface area (Å²) in [5.41, 5.74) is 0.483. The van der Waals surface area contributed by atoms with Crippen LogP contribution < -0.4 is 0 Å². The first-order chi connectivity index (χ1) is 8.07. The van der Waals surface area contributed by atoms with Crippen molar-refractivity contribution in [2.45, 2.75) is 65.7 Å². The lowest BCUT2D eigenvalue weighted by Gasteiger charge is -2.11. The molecule has 1 atom stereocenters. The molecule has 0 aliphatic heterocycles. The molecule has 0 fully saturated rings. The van der Waals surface area contributed by atoms with E-state index in [1.54, 1.807) is 6.92 Å². The van der Waals surface area contributed by atoms with Gasteiger partial charge in [-0.2, -0.15) is 0 Å². The van der Waals surface area contributed by atoms with Crippen molar-refractivity contribution in [1.82, 2.24) is 0 Å². The zero-order valence-corrected chi connectivity index (χ0v) is 11.8. The molecule has 0 rings (SSSR count). The lowest BCUT2D eigenvalue weighted by atomic mass is 10.0. The molecule has 0 saturated carbocycles. The lowest BCUT2D eigenvalue weighted by Crippen LogP contribution is -2.12. The van der Waals surface area contributed by atoms with Gasteiger partial charge < -0.3 is 4.74 Å². The van der Waals surface area contributed by atoms with Gasteiger partial charge in [-0.3, -0.25) is 0 Å². The van der Waals surface area contributed by atoms with Crippen molar-refractivity contribution in [2.24, 2.45) is 5.92 Å². The fraction of sp³-hybridized carbons (Fsp3) is 0.800. The van der Waals surface area contributed by atoms with Crippen molar-refractivity contribution in [3.63, 3.8) is 0 Å². The molecular weight excluding hydrogens is 212 g/mol. The Bertz CT molecular complexity index is 221. The number of hydrogen-bond donors (Lipinski definition) is 0. The second-order valence-electron chi connectivity index (χ2n) is 5.04. The predicted octanol–water partition coefficient (Wildman–Crippen LogP) is 4.49. The third-order valence-electron chi connectivity index (χ3n) is 2.90. The van der Waals surface area contributed by atoms with E-state index in [2.05, 4.69) is 20.4 Å². The Morgan fingerprint density at radius 3 is 2.35 bits per heavy atom. The van der Waals surface area contributed by atoms with Crippen molar-refractivity contribution in [3.8, 4) is 0 Å². The fourth-order valence-corrected chi connectivity index (χ4v) is 1.70. The number of carbonyl (C=O) groups excluding carboxylic acids is 1.